The van der Waals surface area contributed by atoms with Gasteiger partial charge in [0.05, 0.1) is 7.11 Å². The lowest BCUT2D eigenvalue weighted by Gasteiger charge is -2.32. The molecule has 0 spiro atoms. The molecule has 2 rings (SSSR count). The molecule has 1 aromatic rings. The van der Waals surface area contributed by atoms with E-state index in [9.17, 15) is 13.2 Å². The Morgan fingerprint density at radius 2 is 1.76 bits per heavy atom. The average molecular weight is 314 g/mol. The second-order valence-electron chi connectivity index (χ2n) is 4.59. The van der Waals surface area contributed by atoms with Gasteiger partial charge in [-0.15, -0.1) is 0 Å². The van der Waals surface area contributed by atoms with E-state index in [1.165, 1.54) is 0 Å². The molecule has 0 radical (unpaired) electrons. The first-order valence-electron chi connectivity index (χ1n) is 6.38. The number of nitrogens with one attached hydrogen (secondary N) is 1. The summed E-state index contributed by atoms with van der Waals surface area (Å²) in [6.45, 7) is 1.01. The first-order valence-corrected chi connectivity index (χ1v) is 7.88. The van der Waals surface area contributed by atoms with E-state index < -0.39 is 10.2 Å². The molecule has 0 bridgehead atoms. The van der Waals surface area contributed by atoms with Crippen LogP contribution >= 0.6 is 0 Å². The van der Waals surface area contributed by atoms with Crippen molar-refractivity contribution in [3.05, 3.63) is 24.3 Å². The van der Waals surface area contributed by atoms with E-state index in [1.807, 2.05) is 0 Å². The summed E-state index contributed by atoms with van der Waals surface area (Å²) in [7, 11) is -2.11. The number of urea groups is 1. The van der Waals surface area contributed by atoms with E-state index in [-0.39, 0.29) is 19.1 Å². The molecule has 0 unspecified atom stereocenters. The monoisotopic (exact) mass is 314 g/mol. The highest BCUT2D eigenvalue weighted by Gasteiger charge is 2.26. The Labute approximate surface area is 123 Å². The summed E-state index contributed by atoms with van der Waals surface area (Å²) in [5.74, 6) is 0.703. The molecule has 0 aliphatic carbocycles. The third-order valence-electron chi connectivity index (χ3n) is 3.23. The van der Waals surface area contributed by atoms with Crippen LogP contribution in [0.4, 0.5) is 10.5 Å². The zero-order chi connectivity index (χ0) is 15.5. The Morgan fingerprint density at radius 3 is 2.24 bits per heavy atom. The predicted octanol–water partition coefficient (Wildman–Crippen LogP) is 0.0482. The summed E-state index contributed by atoms with van der Waals surface area (Å²) in [4.78, 5) is 13.6. The SMILES string of the molecule is COc1ccc(NC(=O)N2CCN(S(N)(=O)=O)CC2)cc1. The number of ether oxygens (including phenoxy) is 1. The van der Waals surface area contributed by atoms with Crippen LogP contribution in [-0.2, 0) is 10.2 Å². The molecule has 1 heterocycles. The molecule has 1 aliphatic rings. The van der Waals surface area contributed by atoms with Crippen molar-refractivity contribution < 1.29 is 17.9 Å². The highest BCUT2D eigenvalue weighted by molar-refractivity contribution is 7.86. The van der Waals surface area contributed by atoms with E-state index >= 15 is 0 Å². The molecule has 21 heavy (non-hydrogen) atoms. The number of nitrogens with zero attached hydrogens (tertiary/aromatic N) is 2. The van der Waals surface area contributed by atoms with Crippen molar-refractivity contribution in [2.24, 2.45) is 5.14 Å². The third-order valence-corrected chi connectivity index (χ3v) is 4.31. The fourth-order valence-corrected chi connectivity index (χ4v) is 2.69. The van der Waals surface area contributed by atoms with E-state index in [0.717, 1.165) is 4.31 Å². The number of hydrogen-bond acceptors (Lipinski definition) is 4. The summed E-state index contributed by atoms with van der Waals surface area (Å²) in [6, 6.07) is 6.69. The van der Waals surface area contributed by atoms with Crippen LogP contribution in [0.5, 0.6) is 5.75 Å². The van der Waals surface area contributed by atoms with Crippen LogP contribution in [0, 0.1) is 0 Å². The minimum absolute atomic E-state index is 0.203. The van der Waals surface area contributed by atoms with Crippen LogP contribution in [0.25, 0.3) is 0 Å². The Morgan fingerprint density at radius 1 is 1.19 bits per heavy atom. The molecule has 0 saturated carbocycles. The fraction of sp³-hybridized carbons (Fsp3) is 0.417. The van der Waals surface area contributed by atoms with Crippen molar-refractivity contribution in [1.29, 1.82) is 0 Å². The molecule has 1 saturated heterocycles. The molecule has 1 aromatic carbocycles. The van der Waals surface area contributed by atoms with Crippen LogP contribution in [-0.4, -0.2) is 56.9 Å². The van der Waals surface area contributed by atoms with Crippen molar-refractivity contribution in [2.45, 2.75) is 0 Å². The van der Waals surface area contributed by atoms with Crippen LogP contribution in [0.3, 0.4) is 0 Å². The van der Waals surface area contributed by atoms with Gasteiger partial charge in [0.2, 0.25) is 0 Å². The van der Waals surface area contributed by atoms with Crippen molar-refractivity contribution in [3.63, 3.8) is 0 Å². The summed E-state index contributed by atoms with van der Waals surface area (Å²) in [5.41, 5.74) is 0.648. The van der Waals surface area contributed by atoms with Crippen LogP contribution < -0.4 is 15.2 Å². The summed E-state index contributed by atoms with van der Waals surface area (Å²) in [5, 5.41) is 7.80. The molecule has 9 heteroatoms. The van der Waals surface area contributed by atoms with Crippen LogP contribution in [0.15, 0.2) is 24.3 Å². The van der Waals surface area contributed by atoms with Gasteiger partial charge in [-0.2, -0.15) is 12.7 Å². The van der Waals surface area contributed by atoms with Crippen LogP contribution in [0.2, 0.25) is 0 Å². The Balaban J connectivity index is 1.90. The fourth-order valence-electron chi connectivity index (χ4n) is 2.02. The molecule has 2 amide bonds. The lowest BCUT2D eigenvalue weighted by molar-refractivity contribution is 0.184. The normalized spacial score (nSPS) is 16.6. The standard InChI is InChI=1S/C12H18N4O4S/c1-20-11-4-2-10(3-5-11)14-12(17)15-6-8-16(9-7-15)21(13,18)19/h2-5H,6-9H2,1H3,(H,14,17)(H2,13,18,19). The molecule has 3 N–H and O–H groups in total. The molecule has 1 fully saturated rings. The zero-order valence-corrected chi connectivity index (χ0v) is 12.5. The van der Waals surface area contributed by atoms with Gasteiger partial charge in [0.15, 0.2) is 0 Å². The Bertz CT molecular complexity index is 594. The number of carbonyl (C=O) groups excluding carboxylic acids is 1. The molecule has 0 aromatic heterocycles. The molecule has 1 aliphatic heterocycles. The maximum atomic E-state index is 12.1. The maximum absolute atomic E-state index is 12.1. The molecular weight excluding hydrogens is 296 g/mol. The maximum Gasteiger partial charge on any atom is 0.321 e. The number of piperazine rings is 1. The van der Waals surface area contributed by atoms with Gasteiger partial charge in [0.1, 0.15) is 5.75 Å². The third kappa shape index (κ3) is 4.06. The minimum Gasteiger partial charge on any atom is -0.497 e. The number of nitrogens with two attached hydrogens (primary N) is 1. The molecular formula is C12H18N4O4S. The topological polar surface area (TPSA) is 105 Å². The lowest BCUT2D eigenvalue weighted by Crippen LogP contribution is -2.53. The summed E-state index contributed by atoms with van der Waals surface area (Å²) < 4.78 is 28.6. The first-order chi connectivity index (χ1) is 9.90. The highest BCUT2D eigenvalue weighted by Crippen LogP contribution is 2.16. The molecule has 0 atom stereocenters. The van der Waals surface area contributed by atoms with Crippen molar-refractivity contribution >= 4 is 21.9 Å². The quantitative estimate of drug-likeness (QED) is 0.822. The van der Waals surface area contributed by atoms with Gasteiger partial charge in [-0.1, -0.05) is 0 Å². The summed E-state index contributed by atoms with van der Waals surface area (Å²) >= 11 is 0. The molecule has 8 nitrogen and oxygen atoms in total. The number of methoxy groups -OCH3 is 1. The van der Waals surface area contributed by atoms with E-state index in [1.54, 1.807) is 36.3 Å². The number of rotatable bonds is 3. The zero-order valence-electron chi connectivity index (χ0n) is 11.7. The van der Waals surface area contributed by atoms with E-state index in [0.29, 0.717) is 24.5 Å². The number of carbonyl (C=O) groups is 1. The van der Waals surface area contributed by atoms with Crippen molar-refractivity contribution in [2.75, 3.05) is 38.6 Å². The number of benzene rings is 1. The smallest absolute Gasteiger partial charge is 0.321 e. The number of amides is 2. The van der Waals surface area contributed by atoms with Gasteiger partial charge >= 0.3 is 6.03 Å². The lowest BCUT2D eigenvalue weighted by atomic mass is 10.3. The van der Waals surface area contributed by atoms with E-state index in [4.69, 9.17) is 9.88 Å². The van der Waals surface area contributed by atoms with Crippen LogP contribution in [0.1, 0.15) is 0 Å². The second kappa shape index (κ2) is 6.29. The summed E-state index contributed by atoms with van der Waals surface area (Å²) in [6.07, 6.45) is 0. The predicted molar refractivity (Wildman–Crippen MR) is 78.3 cm³/mol. The van der Waals surface area contributed by atoms with Crippen molar-refractivity contribution in [1.82, 2.24) is 9.21 Å². The van der Waals surface area contributed by atoms with Gasteiger partial charge in [-0.3, -0.25) is 0 Å². The van der Waals surface area contributed by atoms with Gasteiger partial charge in [-0.05, 0) is 24.3 Å². The number of anilines is 1. The van der Waals surface area contributed by atoms with Gasteiger partial charge in [0, 0.05) is 31.9 Å². The van der Waals surface area contributed by atoms with Gasteiger partial charge in [-0.25, -0.2) is 9.93 Å². The highest BCUT2D eigenvalue weighted by atomic mass is 32.2. The Kier molecular flexibility index (Phi) is 4.66. The molecule has 116 valence electrons. The average Bonchev–Trinajstić information content (AvgIpc) is 2.47. The van der Waals surface area contributed by atoms with Gasteiger partial charge < -0.3 is 15.0 Å². The van der Waals surface area contributed by atoms with E-state index in [2.05, 4.69) is 5.32 Å². The second-order valence-corrected chi connectivity index (χ2v) is 6.14. The van der Waals surface area contributed by atoms with Crippen molar-refractivity contribution in [3.8, 4) is 5.75 Å². The first kappa shape index (κ1) is 15.5. The number of hydrogen-bond donors (Lipinski definition) is 2. The largest absolute Gasteiger partial charge is 0.497 e. The Hall–Kier alpha value is -1.84. The van der Waals surface area contributed by atoms with Gasteiger partial charge in [0.25, 0.3) is 10.2 Å². The minimum atomic E-state index is -3.68.